The molecule has 1 unspecified atom stereocenters. The average Bonchev–Trinajstić information content (AvgIpc) is 3.40. The van der Waals surface area contributed by atoms with Crippen LogP contribution in [0.5, 0.6) is 5.75 Å². The van der Waals surface area contributed by atoms with E-state index >= 15 is 0 Å². The van der Waals surface area contributed by atoms with Crippen LogP contribution in [0, 0.1) is 5.82 Å². The first-order chi connectivity index (χ1) is 19.7. The number of benzene rings is 2. The maximum absolute atomic E-state index is 14.1. The fourth-order valence-corrected chi connectivity index (χ4v) is 5.57. The van der Waals surface area contributed by atoms with Gasteiger partial charge in [0.2, 0.25) is 5.91 Å². The number of nitrogens with two attached hydrogens (primary N) is 2. The lowest BCUT2D eigenvalue weighted by atomic mass is 9.87. The molecule has 216 valence electrons. The molecular formula is C30H36FN7O3. The molecule has 0 saturated carbocycles. The second-order valence-electron chi connectivity index (χ2n) is 10.5. The normalized spacial score (nSPS) is 17.1. The highest BCUT2D eigenvalue weighted by Gasteiger charge is 2.40. The number of carbonyl (C=O) groups excluding carboxylic acids is 1. The Hall–Kier alpha value is -4.22. The molecule has 1 amide bonds. The number of nitrogen functional groups attached to an aromatic ring is 1. The van der Waals surface area contributed by atoms with Crippen LogP contribution in [-0.2, 0) is 16.1 Å². The van der Waals surface area contributed by atoms with Crippen molar-refractivity contribution in [3.05, 3.63) is 66.4 Å². The molecule has 0 aliphatic carbocycles. The first-order valence-electron chi connectivity index (χ1n) is 13.5. The van der Waals surface area contributed by atoms with Gasteiger partial charge in [-0.15, -0.1) is 0 Å². The minimum Gasteiger partial charge on any atom is -0.493 e. The Balaban J connectivity index is 1.55. The number of rotatable bonds is 9. The van der Waals surface area contributed by atoms with Crippen LogP contribution in [0.3, 0.4) is 0 Å². The van der Waals surface area contributed by atoms with Gasteiger partial charge in [-0.25, -0.2) is 14.4 Å². The fourth-order valence-electron chi connectivity index (χ4n) is 5.57. The number of imidazole rings is 1. The number of halogens is 1. The quantitative estimate of drug-likeness (QED) is 0.319. The summed E-state index contributed by atoms with van der Waals surface area (Å²) in [7, 11) is 4.94. The first kappa shape index (κ1) is 28.3. The molecule has 1 fully saturated rings. The van der Waals surface area contributed by atoms with E-state index in [4.69, 9.17) is 20.9 Å². The number of nitrogens with zero attached hydrogens (tertiary/aromatic N) is 5. The van der Waals surface area contributed by atoms with Crippen molar-refractivity contribution in [3.8, 4) is 16.9 Å². The minimum absolute atomic E-state index is 0.106. The number of likely N-dealkylation sites (N-methyl/N-ethyl adjacent to an activating group) is 1. The molecule has 41 heavy (non-hydrogen) atoms. The predicted molar refractivity (Wildman–Crippen MR) is 157 cm³/mol. The molecule has 1 saturated heterocycles. The number of pyridine rings is 1. The van der Waals surface area contributed by atoms with E-state index in [9.17, 15) is 9.18 Å². The van der Waals surface area contributed by atoms with Crippen molar-refractivity contribution in [2.45, 2.75) is 24.9 Å². The molecule has 1 atom stereocenters. The van der Waals surface area contributed by atoms with Gasteiger partial charge in [-0.05, 0) is 53.8 Å². The number of hydrogen-bond acceptors (Lipinski definition) is 8. The topological polar surface area (TPSA) is 125 Å². The third kappa shape index (κ3) is 5.68. The molecule has 2 aromatic carbocycles. The van der Waals surface area contributed by atoms with Crippen molar-refractivity contribution in [2.75, 3.05) is 58.1 Å². The summed E-state index contributed by atoms with van der Waals surface area (Å²) >= 11 is 0. The third-order valence-corrected chi connectivity index (χ3v) is 7.70. The van der Waals surface area contributed by atoms with Crippen molar-refractivity contribution in [1.82, 2.24) is 19.4 Å². The number of piperidine rings is 1. The van der Waals surface area contributed by atoms with E-state index in [0.717, 1.165) is 40.9 Å². The first-order valence-corrected chi connectivity index (χ1v) is 13.5. The zero-order valence-electron chi connectivity index (χ0n) is 23.6. The summed E-state index contributed by atoms with van der Waals surface area (Å²) in [6, 6.07) is 12.6. The molecule has 11 heteroatoms. The van der Waals surface area contributed by atoms with E-state index in [1.54, 1.807) is 44.8 Å². The zero-order chi connectivity index (χ0) is 29.1. The van der Waals surface area contributed by atoms with Gasteiger partial charge in [0.15, 0.2) is 11.6 Å². The van der Waals surface area contributed by atoms with Gasteiger partial charge >= 0.3 is 0 Å². The van der Waals surface area contributed by atoms with Crippen LogP contribution < -0.4 is 21.1 Å². The lowest BCUT2D eigenvalue weighted by molar-refractivity contribution is -0.136. The van der Waals surface area contributed by atoms with Gasteiger partial charge in [-0.2, -0.15) is 0 Å². The Labute approximate surface area is 238 Å². The number of carbonyl (C=O) groups is 1. The fraction of sp³-hybridized carbons (Fsp3) is 0.367. The van der Waals surface area contributed by atoms with Crippen molar-refractivity contribution in [2.24, 2.45) is 5.73 Å². The number of fused-ring (bicyclic) bond motifs is 1. The van der Waals surface area contributed by atoms with E-state index in [2.05, 4.69) is 14.9 Å². The molecule has 3 heterocycles. The van der Waals surface area contributed by atoms with E-state index in [-0.39, 0.29) is 11.7 Å². The Morgan fingerprint density at radius 2 is 1.98 bits per heavy atom. The Bertz CT molecular complexity index is 1560. The molecule has 5 rings (SSSR count). The second-order valence-corrected chi connectivity index (χ2v) is 10.5. The summed E-state index contributed by atoms with van der Waals surface area (Å²) in [5.41, 5.74) is 16.7. The molecule has 1 aliphatic heterocycles. The monoisotopic (exact) mass is 561 g/mol. The van der Waals surface area contributed by atoms with Crippen LogP contribution >= 0.6 is 0 Å². The zero-order valence-corrected chi connectivity index (χ0v) is 23.6. The molecule has 0 spiro atoms. The highest BCUT2D eigenvalue weighted by molar-refractivity contribution is 5.90. The van der Waals surface area contributed by atoms with Crippen LogP contribution in [0.1, 0.15) is 18.4 Å². The number of amides is 1. The number of ether oxygens (including phenoxy) is 2. The number of aromatic nitrogens is 3. The number of methoxy groups -OCH3 is 2. The lowest BCUT2D eigenvalue weighted by Crippen LogP contribution is -2.63. The van der Waals surface area contributed by atoms with Gasteiger partial charge in [-0.3, -0.25) is 4.79 Å². The largest absolute Gasteiger partial charge is 0.493 e. The van der Waals surface area contributed by atoms with Crippen LogP contribution in [0.4, 0.5) is 15.9 Å². The summed E-state index contributed by atoms with van der Waals surface area (Å²) in [5, 5.41) is 0. The van der Waals surface area contributed by atoms with Gasteiger partial charge in [-0.1, -0.05) is 18.2 Å². The molecule has 2 aromatic heterocycles. The molecule has 4 N–H and O–H groups in total. The Morgan fingerprint density at radius 3 is 2.73 bits per heavy atom. The summed E-state index contributed by atoms with van der Waals surface area (Å²) < 4.78 is 26.8. The highest BCUT2D eigenvalue weighted by Crippen LogP contribution is 2.34. The minimum atomic E-state index is -1.04. The Morgan fingerprint density at radius 1 is 1.17 bits per heavy atom. The van der Waals surface area contributed by atoms with Crippen LogP contribution in [0.2, 0.25) is 0 Å². The SMILES string of the molecule is COCCN(C)C(=O)C1(N)CCCN(c2ccc(-c3cccc(F)c3)cc2Cn2cnc3c(N)ncc(OC)c32)C1. The second kappa shape index (κ2) is 11.7. The van der Waals surface area contributed by atoms with Crippen LogP contribution in [0.15, 0.2) is 55.0 Å². The maximum Gasteiger partial charge on any atom is 0.244 e. The molecular weight excluding hydrogens is 525 g/mol. The number of hydrogen-bond donors (Lipinski definition) is 2. The van der Waals surface area contributed by atoms with Gasteiger partial charge < -0.3 is 35.3 Å². The average molecular weight is 562 g/mol. The standard InChI is InChI=1S/C30H36FN7O3/c1-36(12-13-40-2)29(39)30(33)10-5-11-37(18-30)24-9-8-21(20-6-4-7-23(31)15-20)14-22(24)17-38-19-35-26-27(38)25(41-3)16-34-28(26)32/h4,6-9,14-16,19H,5,10-13,17-18,33H2,1-3H3,(H2,32,34). The number of anilines is 2. The van der Waals surface area contributed by atoms with Crippen molar-refractivity contribution in [1.29, 1.82) is 0 Å². The lowest BCUT2D eigenvalue weighted by Gasteiger charge is -2.42. The van der Waals surface area contributed by atoms with Crippen molar-refractivity contribution < 1.29 is 18.7 Å². The van der Waals surface area contributed by atoms with Gasteiger partial charge in [0.25, 0.3) is 0 Å². The molecule has 1 aliphatic rings. The van der Waals surface area contributed by atoms with Crippen molar-refractivity contribution >= 4 is 28.4 Å². The highest BCUT2D eigenvalue weighted by atomic mass is 19.1. The van der Waals surface area contributed by atoms with Gasteiger partial charge in [0.1, 0.15) is 22.4 Å². The molecule has 0 radical (unpaired) electrons. The van der Waals surface area contributed by atoms with E-state index < -0.39 is 5.54 Å². The molecule has 10 nitrogen and oxygen atoms in total. The molecule has 0 bridgehead atoms. The van der Waals surface area contributed by atoms with E-state index in [1.165, 1.54) is 12.1 Å². The van der Waals surface area contributed by atoms with Crippen LogP contribution in [0.25, 0.3) is 22.2 Å². The summed E-state index contributed by atoms with van der Waals surface area (Å²) in [5.74, 6) is 0.457. The van der Waals surface area contributed by atoms with Crippen molar-refractivity contribution in [3.63, 3.8) is 0 Å². The van der Waals surface area contributed by atoms with Gasteiger partial charge in [0, 0.05) is 39.5 Å². The Kier molecular flexibility index (Phi) is 8.09. The van der Waals surface area contributed by atoms with E-state index in [1.807, 2.05) is 28.8 Å². The summed E-state index contributed by atoms with van der Waals surface area (Å²) in [4.78, 5) is 25.9. The smallest absolute Gasteiger partial charge is 0.244 e. The van der Waals surface area contributed by atoms with Gasteiger partial charge in [0.05, 0.1) is 32.8 Å². The summed E-state index contributed by atoms with van der Waals surface area (Å²) in [6.45, 7) is 2.43. The summed E-state index contributed by atoms with van der Waals surface area (Å²) in [6.07, 6.45) is 4.64. The third-order valence-electron chi connectivity index (χ3n) is 7.70. The maximum atomic E-state index is 14.1. The predicted octanol–water partition coefficient (Wildman–Crippen LogP) is 3.28. The van der Waals surface area contributed by atoms with E-state index in [0.29, 0.717) is 49.7 Å². The van der Waals surface area contributed by atoms with Crippen LogP contribution in [-0.4, -0.2) is 78.4 Å². The molecule has 4 aromatic rings.